The molecule has 5 heteroatoms. The number of hydrogen-bond donors (Lipinski definition) is 0. The molecule has 0 unspecified atom stereocenters. The van der Waals surface area contributed by atoms with Crippen molar-refractivity contribution in [3.8, 4) is 0 Å². The molecule has 0 bridgehead atoms. The van der Waals surface area contributed by atoms with Gasteiger partial charge < -0.3 is 0 Å². The molecule has 0 nitrogen and oxygen atoms in total. The van der Waals surface area contributed by atoms with E-state index in [9.17, 15) is 0 Å². The zero-order valence-electron chi connectivity index (χ0n) is 2.53. The topological polar surface area (TPSA) is 0 Å². The first kappa shape index (κ1) is 24.6. The second-order valence-corrected chi connectivity index (χ2v) is 0. The summed E-state index contributed by atoms with van der Waals surface area (Å²) in [5.41, 5.74) is 0. The Morgan fingerprint density at radius 2 is 1.20 bits per heavy atom. The van der Waals surface area contributed by atoms with Gasteiger partial charge in [-0.05, 0) is 0 Å². The number of rotatable bonds is 0. The Bertz CT molecular complexity index is 11.6. The fourth-order valence-electron chi connectivity index (χ4n) is 0. The molecule has 0 rings (SSSR count). The van der Waals surface area contributed by atoms with E-state index in [2.05, 4.69) is 9.82 Å². The van der Waals surface area contributed by atoms with Gasteiger partial charge >= 0.3 is 55.1 Å². The van der Waals surface area contributed by atoms with Crippen LogP contribution in [0.1, 0.15) is 0 Å². The van der Waals surface area contributed by atoms with E-state index in [-0.39, 0.29) is 63.8 Å². The summed E-state index contributed by atoms with van der Waals surface area (Å²) in [5.74, 6) is 0. The predicted molar refractivity (Wildman–Crippen MR) is 16.1 cm³/mol. The molecular formula is H2CuMoPbSZn. The first-order valence-electron chi connectivity index (χ1n) is 0.167. The minimum Gasteiger partial charge on any atom is 0 e. The average Bonchev–Trinajstić information content (AvgIpc) is 1.00. The Balaban J connectivity index is -0.00000000167. The molecule has 0 aliphatic carbocycles. The van der Waals surface area contributed by atoms with Gasteiger partial charge in [0.15, 0.2) is 0 Å². The smallest absolute Gasteiger partial charge is 0 e. The molecule has 0 amide bonds. The second-order valence-electron chi connectivity index (χ2n) is 0. The molecule has 0 aromatic carbocycles. The van der Waals surface area contributed by atoms with Crippen LogP contribution in [0.25, 0.3) is 0 Å². The minimum absolute atomic E-state index is 0. The molecule has 0 aromatic heterocycles. The summed E-state index contributed by atoms with van der Waals surface area (Å²) in [6.45, 7) is 0. The van der Waals surface area contributed by atoms with Crippen LogP contribution in [0.3, 0.4) is 0 Å². The van der Waals surface area contributed by atoms with Crippen LogP contribution in [-0.4, -0.2) is 27.3 Å². The van der Waals surface area contributed by atoms with Gasteiger partial charge in [0.2, 0.25) is 0 Å². The second kappa shape index (κ2) is 28.1. The fraction of sp³-hybridized carbons (Fsp3) is 0. The molecule has 0 saturated carbocycles. The van der Waals surface area contributed by atoms with Crippen molar-refractivity contribution in [1.29, 1.82) is 0 Å². The molecule has 3 radical (unpaired) electrons. The molecule has 0 heterocycles. The molecule has 0 aliphatic rings. The standard InChI is InChI=1S/Cu.Mo.Pb.S.Zn.2H. The van der Waals surface area contributed by atoms with Gasteiger partial charge in [-0.2, -0.15) is 0 Å². The molecule has 5 heavy (non-hydrogen) atoms. The van der Waals surface area contributed by atoms with E-state index < -0.39 is 0 Å². The predicted octanol–water partition coefficient (Wildman–Crippen LogP) is -0.276. The van der Waals surface area contributed by atoms with E-state index in [1.165, 1.54) is 18.0 Å². The zero-order chi connectivity index (χ0) is 2.00. The van der Waals surface area contributed by atoms with Gasteiger partial charge in [0.1, 0.15) is 0 Å². The van der Waals surface area contributed by atoms with Crippen molar-refractivity contribution in [2.24, 2.45) is 0 Å². The van der Waals surface area contributed by atoms with Crippen molar-refractivity contribution in [2.45, 2.75) is 0 Å². The molecule has 0 N–H and O–H groups in total. The van der Waals surface area contributed by atoms with E-state index >= 15 is 0 Å². The third kappa shape index (κ3) is 19.5. The van der Waals surface area contributed by atoms with E-state index in [1.54, 1.807) is 0 Å². The van der Waals surface area contributed by atoms with Gasteiger partial charge in [-0.15, -0.1) is 0 Å². The fourth-order valence-corrected chi connectivity index (χ4v) is 0. The maximum absolute atomic E-state index is 4.09. The summed E-state index contributed by atoms with van der Waals surface area (Å²) in [6.07, 6.45) is 0. The van der Waals surface area contributed by atoms with Crippen LogP contribution in [-0.2, 0) is 54.5 Å². The van der Waals surface area contributed by atoms with Gasteiger partial charge in [0.25, 0.3) is 0 Å². The van der Waals surface area contributed by atoms with Gasteiger partial charge in [-0.25, -0.2) is 0 Å². The molecule has 0 spiro atoms. The van der Waals surface area contributed by atoms with Crippen LogP contribution in [0.15, 0.2) is 0 Å². The number of hydrogen-bond acceptors (Lipinski definition) is 1. The molecule has 0 aromatic rings. The van der Waals surface area contributed by atoms with Crippen molar-refractivity contribution in [2.75, 3.05) is 0 Å². The van der Waals surface area contributed by atoms with E-state index in [0.717, 1.165) is 0 Å². The van der Waals surface area contributed by atoms with Crippen molar-refractivity contribution < 1.29 is 54.5 Å². The van der Waals surface area contributed by atoms with Crippen molar-refractivity contribution in [1.82, 2.24) is 0 Å². The summed E-state index contributed by atoms with van der Waals surface area (Å²) in [6, 6.07) is 0. The largest absolute Gasteiger partial charge is 0 e. The molecule has 0 aliphatic heterocycles. The zero-order valence-corrected chi connectivity index (χ0v) is 14.8. The first-order valence-corrected chi connectivity index (χ1v) is 2.96. The van der Waals surface area contributed by atoms with Crippen molar-refractivity contribution in [3.05, 3.63) is 0 Å². The van der Waals surface area contributed by atoms with E-state index in [4.69, 9.17) is 0 Å². The van der Waals surface area contributed by atoms with Gasteiger partial charge in [0.05, 0.1) is 0 Å². The molecule has 0 saturated heterocycles. The van der Waals surface area contributed by atoms with Crippen LogP contribution < -0.4 is 0 Å². The molecule has 31 valence electrons. The van der Waals surface area contributed by atoms with Crippen molar-refractivity contribution >= 4 is 37.1 Å². The van der Waals surface area contributed by atoms with Crippen LogP contribution in [0, 0.1) is 0 Å². The molecular weight excluding hydrogens is 464 g/mol. The van der Waals surface area contributed by atoms with Gasteiger partial charge in [0, 0.05) is 36.5 Å². The first-order chi connectivity index (χ1) is 1.00. The van der Waals surface area contributed by atoms with Crippen molar-refractivity contribution in [3.63, 3.8) is 0 Å². The third-order valence-electron chi connectivity index (χ3n) is 0. The summed E-state index contributed by atoms with van der Waals surface area (Å²) in [7, 11) is 4.09. The van der Waals surface area contributed by atoms with Gasteiger partial charge in [-0.3, -0.25) is 0 Å². The monoisotopic (exact) mass is 467 g/mol. The van der Waals surface area contributed by atoms with Crippen LogP contribution >= 0.6 is 9.82 Å². The average molecular weight is 466 g/mol. The van der Waals surface area contributed by atoms with E-state index in [1.807, 2.05) is 0 Å². The summed E-state index contributed by atoms with van der Waals surface area (Å²) in [5, 5.41) is 0. The Morgan fingerprint density at radius 3 is 1.20 bits per heavy atom. The molecule has 0 fully saturated rings. The van der Waals surface area contributed by atoms with Crippen LogP contribution in [0.4, 0.5) is 0 Å². The normalized spacial score (nSPS) is 0.800. The quantitative estimate of drug-likeness (QED) is 0.444. The van der Waals surface area contributed by atoms with Crippen LogP contribution in [0.2, 0.25) is 0 Å². The molecule has 0 atom stereocenters. The van der Waals surface area contributed by atoms with Gasteiger partial charge in [-0.1, -0.05) is 0 Å². The Labute approximate surface area is 90.0 Å². The Hall–Kier alpha value is 2.97. The maximum Gasteiger partial charge on any atom is 0 e. The SMILES string of the molecule is [Cu].[PbH2].[S]=[Mo].[Zn]. The summed E-state index contributed by atoms with van der Waals surface area (Å²) in [4.78, 5) is 0. The minimum atomic E-state index is 0. The van der Waals surface area contributed by atoms with Crippen LogP contribution in [0.5, 0.6) is 0 Å². The Morgan fingerprint density at radius 1 is 1.20 bits per heavy atom. The third-order valence-corrected chi connectivity index (χ3v) is 0. The summed E-state index contributed by atoms with van der Waals surface area (Å²) < 4.78 is 0. The maximum atomic E-state index is 4.09. The van der Waals surface area contributed by atoms with E-state index in [0.29, 0.717) is 0 Å². The Kier molecular flexibility index (Phi) is 138. The summed E-state index contributed by atoms with van der Waals surface area (Å²) >= 11 is 1.53.